The van der Waals surface area contributed by atoms with Gasteiger partial charge in [-0.25, -0.2) is 22.9 Å². The molecule has 0 unspecified atom stereocenters. The second kappa shape index (κ2) is 4.64. The first-order chi connectivity index (χ1) is 9.88. The fourth-order valence-electron chi connectivity index (χ4n) is 2.29. The van der Waals surface area contributed by atoms with E-state index in [9.17, 15) is 12.8 Å². The molecule has 0 aliphatic carbocycles. The summed E-state index contributed by atoms with van der Waals surface area (Å²) in [4.78, 5) is 3.99. The number of nitrogens with two attached hydrogens (primary N) is 1. The number of pyridine rings is 1. The van der Waals surface area contributed by atoms with Crippen LogP contribution in [0.4, 0.5) is 4.39 Å². The number of primary sulfonamides is 1. The number of aryl methyl sites for hydroxylation is 1. The third-order valence-corrected chi connectivity index (χ3v) is 4.24. The first-order valence-corrected chi connectivity index (χ1v) is 7.65. The van der Waals surface area contributed by atoms with Gasteiger partial charge in [0.05, 0.1) is 4.90 Å². The largest absolute Gasteiger partial charge is 0.336 e. The number of aromatic nitrogens is 2. The highest BCUT2D eigenvalue weighted by Gasteiger charge is 2.15. The second-order valence-electron chi connectivity index (χ2n) is 4.71. The summed E-state index contributed by atoms with van der Waals surface area (Å²) in [6.45, 7) is 0. The van der Waals surface area contributed by atoms with E-state index in [1.54, 1.807) is 12.3 Å². The van der Waals surface area contributed by atoms with Gasteiger partial charge >= 0.3 is 0 Å². The van der Waals surface area contributed by atoms with Crippen molar-refractivity contribution in [3.63, 3.8) is 0 Å². The Kier molecular flexibility index (Phi) is 3.03. The molecule has 3 rings (SSSR count). The summed E-state index contributed by atoms with van der Waals surface area (Å²) in [6, 6.07) is 7.17. The molecule has 0 saturated heterocycles. The number of benzene rings is 1. The molecule has 2 heterocycles. The highest BCUT2D eigenvalue weighted by atomic mass is 32.2. The number of hydrogen-bond donors (Lipinski definition) is 1. The minimum atomic E-state index is -3.92. The third kappa shape index (κ3) is 2.30. The van der Waals surface area contributed by atoms with Crippen LogP contribution in [-0.4, -0.2) is 18.0 Å². The predicted octanol–water partition coefficient (Wildman–Crippen LogP) is 2.03. The van der Waals surface area contributed by atoms with E-state index in [1.807, 2.05) is 23.9 Å². The first-order valence-electron chi connectivity index (χ1n) is 6.11. The van der Waals surface area contributed by atoms with Crippen LogP contribution in [0.25, 0.3) is 22.2 Å². The van der Waals surface area contributed by atoms with Crippen LogP contribution < -0.4 is 5.14 Å². The van der Waals surface area contributed by atoms with Crippen molar-refractivity contribution in [1.29, 1.82) is 0 Å². The van der Waals surface area contributed by atoms with E-state index < -0.39 is 15.8 Å². The van der Waals surface area contributed by atoms with Gasteiger partial charge in [-0.3, -0.25) is 0 Å². The highest BCUT2D eigenvalue weighted by molar-refractivity contribution is 7.89. The molecule has 2 N–H and O–H groups in total. The minimum Gasteiger partial charge on any atom is -0.336 e. The van der Waals surface area contributed by atoms with Crippen molar-refractivity contribution in [1.82, 2.24) is 9.55 Å². The zero-order valence-corrected chi connectivity index (χ0v) is 11.9. The summed E-state index contributed by atoms with van der Waals surface area (Å²) in [5.41, 5.74) is 1.68. The Hall–Kier alpha value is -2.25. The van der Waals surface area contributed by atoms with Crippen LogP contribution in [0.2, 0.25) is 0 Å². The van der Waals surface area contributed by atoms with Gasteiger partial charge in [0.2, 0.25) is 10.0 Å². The molecule has 0 radical (unpaired) electrons. The fraction of sp³-hybridized carbons (Fsp3) is 0.0714. The van der Waals surface area contributed by atoms with Crippen molar-refractivity contribution in [3.05, 3.63) is 48.5 Å². The topological polar surface area (TPSA) is 78.0 Å². The van der Waals surface area contributed by atoms with Crippen molar-refractivity contribution in [2.24, 2.45) is 12.2 Å². The molecule has 21 heavy (non-hydrogen) atoms. The van der Waals surface area contributed by atoms with Crippen molar-refractivity contribution < 1.29 is 12.8 Å². The van der Waals surface area contributed by atoms with Gasteiger partial charge in [-0.2, -0.15) is 0 Å². The van der Waals surface area contributed by atoms with Gasteiger partial charge in [-0.15, -0.1) is 0 Å². The normalized spacial score (nSPS) is 12.0. The molecule has 0 amide bonds. The van der Waals surface area contributed by atoms with Crippen LogP contribution in [0.1, 0.15) is 0 Å². The van der Waals surface area contributed by atoms with Gasteiger partial charge < -0.3 is 4.57 Å². The van der Waals surface area contributed by atoms with Gasteiger partial charge in [-0.1, -0.05) is 6.07 Å². The van der Waals surface area contributed by atoms with E-state index in [4.69, 9.17) is 5.14 Å². The summed E-state index contributed by atoms with van der Waals surface area (Å²) in [5.74, 6) is -0.641. The predicted molar refractivity (Wildman–Crippen MR) is 77.5 cm³/mol. The molecule has 108 valence electrons. The average Bonchev–Trinajstić information content (AvgIpc) is 2.80. The van der Waals surface area contributed by atoms with E-state index >= 15 is 0 Å². The Labute approximate surface area is 120 Å². The molecule has 1 aromatic carbocycles. The molecule has 7 heteroatoms. The standard InChI is InChI=1S/C14H12FN3O2S/c1-18-7-5-12-10(4-6-17-14(12)18)11-3-2-9(8-13(11)15)21(16,19)20/h2-8H,1H3,(H2,16,19,20). The van der Waals surface area contributed by atoms with Crippen molar-refractivity contribution in [2.75, 3.05) is 0 Å². The summed E-state index contributed by atoms with van der Waals surface area (Å²) in [5, 5.41) is 5.79. The summed E-state index contributed by atoms with van der Waals surface area (Å²) >= 11 is 0. The molecular weight excluding hydrogens is 293 g/mol. The number of halogens is 1. The number of fused-ring (bicyclic) bond motifs is 1. The van der Waals surface area contributed by atoms with E-state index in [1.165, 1.54) is 12.1 Å². The quantitative estimate of drug-likeness (QED) is 0.787. The number of hydrogen-bond acceptors (Lipinski definition) is 3. The molecule has 0 saturated carbocycles. The zero-order chi connectivity index (χ0) is 15.2. The lowest BCUT2D eigenvalue weighted by Gasteiger charge is -2.07. The van der Waals surface area contributed by atoms with Gasteiger partial charge in [0.25, 0.3) is 0 Å². The molecule has 5 nitrogen and oxygen atoms in total. The maximum atomic E-state index is 14.3. The lowest BCUT2D eigenvalue weighted by Crippen LogP contribution is -2.12. The van der Waals surface area contributed by atoms with Crippen molar-refractivity contribution in [3.8, 4) is 11.1 Å². The van der Waals surface area contributed by atoms with E-state index in [0.29, 0.717) is 11.1 Å². The van der Waals surface area contributed by atoms with Gasteiger partial charge in [0.1, 0.15) is 11.5 Å². The minimum absolute atomic E-state index is 0.248. The molecule has 0 fully saturated rings. The molecule has 2 aromatic heterocycles. The lowest BCUT2D eigenvalue weighted by atomic mass is 10.0. The number of sulfonamides is 1. The highest BCUT2D eigenvalue weighted by Crippen LogP contribution is 2.30. The van der Waals surface area contributed by atoms with Crippen LogP contribution in [0, 0.1) is 5.82 Å². The van der Waals surface area contributed by atoms with Gasteiger partial charge in [0.15, 0.2) is 0 Å². The van der Waals surface area contributed by atoms with E-state index in [-0.39, 0.29) is 4.90 Å². The summed E-state index contributed by atoms with van der Waals surface area (Å²) < 4.78 is 38.6. The lowest BCUT2D eigenvalue weighted by molar-refractivity contribution is 0.593. The van der Waals surface area contributed by atoms with Crippen LogP contribution in [-0.2, 0) is 17.1 Å². The van der Waals surface area contributed by atoms with Crippen LogP contribution in [0.15, 0.2) is 47.6 Å². The Morgan fingerprint density at radius 1 is 1.19 bits per heavy atom. The SMILES string of the molecule is Cn1ccc2c(-c3ccc(S(N)(=O)=O)cc3F)ccnc21. The second-order valence-corrected chi connectivity index (χ2v) is 6.27. The van der Waals surface area contributed by atoms with Gasteiger partial charge in [-0.05, 0) is 29.8 Å². The Morgan fingerprint density at radius 2 is 1.95 bits per heavy atom. The molecule has 3 aromatic rings. The van der Waals surface area contributed by atoms with E-state index in [2.05, 4.69) is 4.98 Å². The molecule has 0 aliphatic heterocycles. The maximum absolute atomic E-state index is 14.3. The monoisotopic (exact) mass is 305 g/mol. The number of nitrogens with zero attached hydrogens (tertiary/aromatic N) is 2. The fourth-order valence-corrected chi connectivity index (χ4v) is 2.82. The zero-order valence-electron chi connectivity index (χ0n) is 11.1. The van der Waals surface area contributed by atoms with Crippen LogP contribution >= 0.6 is 0 Å². The van der Waals surface area contributed by atoms with Crippen molar-refractivity contribution >= 4 is 21.1 Å². The number of rotatable bonds is 2. The third-order valence-electron chi connectivity index (χ3n) is 3.33. The van der Waals surface area contributed by atoms with Crippen molar-refractivity contribution in [2.45, 2.75) is 4.90 Å². The Bertz CT molecular complexity index is 948. The van der Waals surface area contributed by atoms with Crippen LogP contribution in [0.5, 0.6) is 0 Å². The molecule has 0 atom stereocenters. The molecule has 0 bridgehead atoms. The molecule has 0 aliphatic rings. The summed E-state index contributed by atoms with van der Waals surface area (Å²) in [6.07, 6.45) is 3.42. The summed E-state index contributed by atoms with van der Waals surface area (Å²) in [7, 11) is -2.07. The van der Waals surface area contributed by atoms with Crippen LogP contribution in [0.3, 0.4) is 0 Å². The molecule has 0 spiro atoms. The van der Waals surface area contributed by atoms with Gasteiger partial charge in [0, 0.05) is 30.4 Å². The molecular formula is C14H12FN3O2S. The average molecular weight is 305 g/mol. The Morgan fingerprint density at radius 3 is 2.62 bits per heavy atom. The Balaban J connectivity index is 2.24. The smallest absolute Gasteiger partial charge is 0.238 e. The first kappa shape index (κ1) is 13.7. The maximum Gasteiger partial charge on any atom is 0.238 e. The van der Waals surface area contributed by atoms with E-state index in [0.717, 1.165) is 17.1 Å².